The van der Waals surface area contributed by atoms with Crippen LogP contribution in [0.2, 0.25) is 0 Å². The summed E-state index contributed by atoms with van der Waals surface area (Å²) in [6, 6.07) is 6.28. The van der Waals surface area contributed by atoms with Gasteiger partial charge in [0.2, 0.25) is 0 Å². The predicted octanol–water partition coefficient (Wildman–Crippen LogP) is 1.27. The highest BCUT2D eigenvalue weighted by atomic mass is 16.5. The molecule has 0 spiro atoms. The van der Waals surface area contributed by atoms with E-state index in [4.69, 9.17) is 20.3 Å². The van der Waals surface area contributed by atoms with Gasteiger partial charge < -0.3 is 20.3 Å². The molecule has 0 aliphatic carbocycles. The van der Waals surface area contributed by atoms with E-state index in [1.807, 2.05) is 6.92 Å². The lowest BCUT2D eigenvalue weighted by atomic mass is 10.2. The third-order valence-corrected chi connectivity index (χ3v) is 2.15. The second kappa shape index (κ2) is 6.75. The molecule has 1 unspecified atom stereocenters. The Morgan fingerprint density at radius 3 is 2.29 bits per heavy atom. The van der Waals surface area contributed by atoms with Crippen molar-refractivity contribution in [3.05, 3.63) is 24.3 Å². The van der Waals surface area contributed by atoms with Crippen LogP contribution in [0.4, 0.5) is 0 Å². The van der Waals surface area contributed by atoms with Crippen molar-refractivity contribution in [3.8, 4) is 11.5 Å². The molecular formula is C12H17NO4. The lowest BCUT2D eigenvalue weighted by molar-refractivity contribution is -0.138. The number of carbonyl (C=O) groups is 1. The first-order valence-electron chi connectivity index (χ1n) is 5.47. The van der Waals surface area contributed by atoms with E-state index < -0.39 is 12.0 Å². The summed E-state index contributed by atoms with van der Waals surface area (Å²) >= 11 is 0. The average molecular weight is 239 g/mol. The van der Waals surface area contributed by atoms with Crippen molar-refractivity contribution in [2.45, 2.75) is 19.4 Å². The minimum Gasteiger partial charge on any atom is -0.494 e. The van der Waals surface area contributed by atoms with Gasteiger partial charge in [0.15, 0.2) is 0 Å². The summed E-state index contributed by atoms with van der Waals surface area (Å²) < 4.78 is 10.6. The molecule has 0 fully saturated rings. The molecule has 1 rings (SSSR count). The number of hydrogen-bond acceptors (Lipinski definition) is 4. The van der Waals surface area contributed by atoms with Crippen molar-refractivity contribution >= 4 is 5.97 Å². The Morgan fingerprint density at radius 2 is 1.82 bits per heavy atom. The summed E-state index contributed by atoms with van der Waals surface area (Å²) in [5.74, 6) is 0.438. The molecule has 1 atom stereocenters. The Bertz CT molecular complexity index is 350. The number of aliphatic carboxylic acids is 1. The number of hydrogen-bond donors (Lipinski definition) is 2. The zero-order valence-corrected chi connectivity index (χ0v) is 9.76. The first-order valence-corrected chi connectivity index (χ1v) is 5.47. The topological polar surface area (TPSA) is 81.8 Å². The molecule has 0 saturated heterocycles. The normalized spacial score (nSPS) is 11.9. The molecule has 1 aromatic rings. The molecule has 94 valence electrons. The van der Waals surface area contributed by atoms with E-state index in [1.54, 1.807) is 24.3 Å². The maximum atomic E-state index is 10.5. The van der Waals surface area contributed by atoms with Crippen LogP contribution in [0.5, 0.6) is 11.5 Å². The van der Waals surface area contributed by atoms with Crippen molar-refractivity contribution in [1.29, 1.82) is 0 Å². The highest BCUT2D eigenvalue weighted by Gasteiger charge is 2.10. The van der Waals surface area contributed by atoms with Crippen LogP contribution in [-0.2, 0) is 4.79 Å². The Hall–Kier alpha value is -1.75. The maximum Gasteiger partial charge on any atom is 0.320 e. The molecule has 0 aliphatic heterocycles. The van der Waals surface area contributed by atoms with Crippen molar-refractivity contribution < 1.29 is 19.4 Å². The minimum absolute atomic E-state index is 0.279. The van der Waals surface area contributed by atoms with Gasteiger partial charge in [0.05, 0.1) is 13.2 Å². The van der Waals surface area contributed by atoms with Crippen LogP contribution in [0.3, 0.4) is 0 Å². The maximum absolute atomic E-state index is 10.5. The largest absolute Gasteiger partial charge is 0.494 e. The molecule has 0 saturated carbocycles. The molecule has 3 N–H and O–H groups in total. The third-order valence-electron chi connectivity index (χ3n) is 2.15. The highest BCUT2D eigenvalue weighted by molar-refractivity contribution is 5.72. The van der Waals surface area contributed by atoms with Crippen LogP contribution in [0.1, 0.15) is 13.3 Å². The van der Waals surface area contributed by atoms with Crippen LogP contribution < -0.4 is 15.2 Å². The number of benzene rings is 1. The van der Waals surface area contributed by atoms with Gasteiger partial charge in [-0.15, -0.1) is 0 Å². The second-order valence-corrected chi connectivity index (χ2v) is 3.49. The summed E-state index contributed by atoms with van der Waals surface area (Å²) in [4.78, 5) is 10.5. The van der Waals surface area contributed by atoms with Crippen LogP contribution in [0, 0.1) is 0 Å². The number of ether oxygens (including phenoxy) is 2. The first-order chi connectivity index (χ1) is 8.13. The van der Waals surface area contributed by atoms with Gasteiger partial charge in [-0.05, 0) is 31.2 Å². The summed E-state index contributed by atoms with van der Waals surface area (Å²) in [5, 5.41) is 8.58. The highest BCUT2D eigenvalue weighted by Crippen LogP contribution is 2.17. The Morgan fingerprint density at radius 1 is 1.29 bits per heavy atom. The quantitative estimate of drug-likeness (QED) is 0.748. The van der Waals surface area contributed by atoms with Crippen molar-refractivity contribution in [2.24, 2.45) is 5.73 Å². The molecule has 1 aromatic carbocycles. The number of carboxylic acids is 1. The van der Waals surface area contributed by atoms with Gasteiger partial charge in [0.1, 0.15) is 17.5 Å². The number of rotatable bonds is 7. The first kappa shape index (κ1) is 13.3. The molecule has 17 heavy (non-hydrogen) atoms. The third kappa shape index (κ3) is 4.74. The van der Waals surface area contributed by atoms with Gasteiger partial charge in [0.25, 0.3) is 0 Å². The summed E-state index contributed by atoms with van der Waals surface area (Å²) in [5.41, 5.74) is 5.34. The standard InChI is InChI=1S/C12H17NO4/c1-2-16-9-3-5-10(6-4-9)17-8-7-11(13)12(14)15/h3-6,11H,2,7-8,13H2,1H3,(H,14,15). The fourth-order valence-corrected chi connectivity index (χ4v) is 1.23. The van der Waals surface area contributed by atoms with E-state index >= 15 is 0 Å². The molecular weight excluding hydrogens is 222 g/mol. The van der Waals surface area contributed by atoms with Gasteiger partial charge in [-0.25, -0.2) is 0 Å². The lowest BCUT2D eigenvalue weighted by Crippen LogP contribution is -2.31. The van der Waals surface area contributed by atoms with Gasteiger partial charge in [-0.2, -0.15) is 0 Å². The zero-order valence-electron chi connectivity index (χ0n) is 9.76. The van der Waals surface area contributed by atoms with E-state index in [9.17, 15) is 4.79 Å². The van der Waals surface area contributed by atoms with Gasteiger partial charge in [0, 0.05) is 6.42 Å². The molecule has 0 amide bonds. The van der Waals surface area contributed by atoms with E-state index in [0.717, 1.165) is 5.75 Å². The molecule has 0 heterocycles. The summed E-state index contributed by atoms with van der Waals surface area (Å²) in [7, 11) is 0. The summed E-state index contributed by atoms with van der Waals surface area (Å²) in [6.45, 7) is 2.81. The molecule has 0 radical (unpaired) electrons. The Labute approximate surface area is 100 Å². The monoisotopic (exact) mass is 239 g/mol. The SMILES string of the molecule is CCOc1ccc(OCCC(N)C(=O)O)cc1. The fraction of sp³-hybridized carbons (Fsp3) is 0.417. The second-order valence-electron chi connectivity index (χ2n) is 3.49. The van der Waals surface area contributed by atoms with Gasteiger partial charge in [-0.3, -0.25) is 4.79 Å². The summed E-state index contributed by atoms with van der Waals surface area (Å²) in [6.07, 6.45) is 0.280. The van der Waals surface area contributed by atoms with E-state index in [2.05, 4.69) is 0 Å². The molecule has 0 aliphatic rings. The minimum atomic E-state index is -1.01. The van der Waals surface area contributed by atoms with Crippen molar-refractivity contribution in [3.63, 3.8) is 0 Å². The van der Waals surface area contributed by atoms with Crippen LogP contribution >= 0.6 is 0 Å². The predicted molar refractivity (Wildman–Crippen MR) is 63.3 cm³/mol. The Balaban J connectivity index is 2.34. The van der Waals surface area contributed by atoms with Crippen LogP contribution in [0.15, 0.2) is 24.3 Å². The number of nitrogens with two attached hydrogens (primary N) is 1. The fourth-order valence-electron chi connectivity index (χ4n) is 1.23. The average Bonchev–Trinajstić information content (AvgIpc) is 2.31. The van der Waals surface area contributed by atoms with Gasteiger partial charge in [-0.1, -0.05) is 0 Å². The van der Waals surface area contributed by atoms with E-state index in [-0.39, 0.29) is 13.0 Å². The lowest BCUT2D eigenvalue weighted by Gasteiger charge is -2.09. The molecule has 0 aromatic heterocycles. The molecule has 0 bridgehead atoms. The number of carboxylic acid groups (broad SMARTS) is 1. The van der Waals surface area contributed by atoms with E-state index in [0.29, 0.717) is 12.4 Å². The van der Waals surface area contributed by atoms with Crippen LogP contribution in [0.25, 0.3) is 0 Å². The van der Waals surface area contributed by atoms with Crippen molar-refractivity contribution in [1.82, 2.24) is 0 Å². The van der Waals surface area contributed by atoms with E-state index in [1.165, 1.54) is 0 Å². The van der Waals surface area contributed by atoms with Crippen molar-refractivity contribution in [2.75, 3.05) is 13.2 Å². The smallest absolute Gasteiger partial charge is 0.320 e. The zero-order chi connectivity index (χ0) is 12.7. The van der Waals surface area contributed by atoms with Gasteiger partial charge >= 0.3 is 5.97 Å². The molecule has 5 heteroatoms. The molecule has 5 nitrogen and oxygen atoms in total. The van der Waals surface area contributed by atoms with Crippen LogP contribution in [-0.4, -0.2) is 30.3 Å². The Kier molecular flexibility index (Phi) is 5.29.